The maximum absolute atomic E-state index is 12.3. The first-order valence-electron chi connectivity index (χ1n) is 8.12. The minimum atomic E-state index is -0.925. The van der Waals surface area contributed by atoms with Gasteiger partial charge in [0.1, 0.15) is 5.82 Å². The van der Waals surface area contributed by atoms with E-state index < -0.39 is 18.0 Å². The van der Waals surface area contributed by atoms with Crippen LogP contribution in [-0.2, 0) is 9.53 Å². The molecule has 2 aromatic rings. The molecular weight excluding hydrogens is 320 g/mol. The normalized spacial score (nSPS) is 11.9. The number of rotatable bonds is 6. The first-order valence-corrected chi connectivity index (χ1v) is 8.12. The second kappa shape index (κ2) is 7.83. The van der Waals surface area contributed by atoms with Crippen LogP contribution >= 0.6 is 0 Å². The zero-order chi connectivity index (χ0) is 18.6. The molecule has 0 radical (unpaired) electrons. The third-order valence-electron chi connectivity index (χ3n) is 3.66. The number of nitrogens with zero attached hydrogens (tertiary/aromatic N) is 3. The van der Waals surface area contributed by atoms with E-state index in [9.17, 15) is 9.59 Å². The van der Waals surface area contributed by atoms with Crippen molar-refractivity contribution in [3.05, 3.63) is 42.1 Å². The maximum Gasteiger partial charge on any atom is 0.338 e. The minimum Gasteiger partial charge on any atom is -0.449 e. The van der Waals surface area contributed by atoms with Gasteiger partial charge in [-0.15, -0.1) is 0 Å². The summed E-state index contributed by atoms with van der Waals surface area (Å²) in [5, 5.41) is 6.89. The van der Waals surface area contributed by atoms with Crippen molar-refractivity contribution in [1.29, 1.82) is 0 Å². The molecule has 1 N–H and O–H groups in total. The lowest BCUT2D eigenvalue weighted by atomic mass is 10.2. The van der Waals surface area contributed by atoms with Gasteiger partial charge in [0.15, 0.2) is 6.10 Å². The Bertz CT molecular complexity index is 752. The van der Waals surface area contributed by atoms with Gasteiger partial charge in [0.2, 0.25) is 0 Å². The molecule has 0 saturated heterocycles. The Kier molecular flexibility index (Phi) is 5.80. The Balaban J connectivity index is 2.02. The number of hydrogen-bond acceptors (Lipinski definition) is 5. The van der Waals surface area contributed by atoms with Crippen LogP contribution < -0.4 is 10.2 Å². The molecule has 1 amide bonds. The number of anilines is 2. The second-order valence-electron chi connectivity index (χ2n) is 6.24. The molecule has 0 spiro atoms. The highest BCUT2D eigenvalue weighted by molar-refractivity contribution is 5.97. The molecule has 1 aromatic heterocycles. The lowest BCUT2D eigenvalue weighted by molar-refractivity contribution is -0.123. The fourth-order valence-corrected chi connectivity index (χ4v) is 2.25. The molecule has 0 unspecified atom stereocenters. The molecule has 7 heteroatoms. The summed E-state index contributed by atoms with van der Waals surface area (Å²) in [5.41, 5.74) is 1.28. The van der Waals surface area contributed by atoms with Gasteiger partial charge in [-0.2, -0.15) is 5.10 Å². The largest absolute Gasteiger partial charge is 0.449 e. The Morgan fingerprint density at radius 2 is 1.92 bits per heavy atom. The van der Waals surface area contributed by atoms with Crippen LogP contribution in [-0.4, -0.2) is 41.9 Å². The van der Waals surface area contributed by atoms with Crippen molar-refractivity contribution in [3.63, 3.8) is 0 Å². The molecular formula is C18H24N4O3. The third kappa shape index (κ3) is 4.59. The molecule has 25 heavy (non-hydrogen) atoms. The highest BCUT2D eigenvalue weighted by Gasteiger charge is 2.21. The Labute approximate surface area is 147 Å². The molecule has 2 rings (SSSR count). The molecule has 0 saturated carbocycles. The van der Waals surface area contributed by atoms with E-state index in [1.54, 1.807) is 42.1 Å². The summed E-state index contributed by atoms with van der Waals surface area (Å²) >= 11 is 0. The summed E-state index contributed by atoms with van der Waals surface area (Å²) in [6, 6.07) is 8.86. The first kappa shape index (κ1) is 18.5. The van der Waals surface area contributed by atoms with E-state index >= 15 is 0 Å². The van der Waals surface area contributed by atoms with Crippen LogP contribution in [0.3, 0.4) is 0 Å². The summed E-state index contributed by atoms with van der Waals surface area (Å²) in [5.74, 6) is -0.374. The number of esters is 1. The Hall–Kier alpha value is -2.83. The van der Waals surface area contributed by atoms with Gasteiger partial charge < -0.3 is 15.0 Å². The first-order chi connectivity index (χ1) is 11.8. The van der Waals surface area contributed by atoms with E-state index in [4.69, 9.17) is 4.74 Å². The van der Waals surface area contributed by atoms with E-state index in [1.165, 1.54) is 0 Å². The number of carbonyl (C=O) groups excluding carboxylic acids is 2. The molecule has 0 fully saturated rings. The monoisotopic (exact) mass is 344 g/mol. The van der Waals surface area contributed by atoms with E-state index in [0.717, 1.165) is 5.69 Å². The van der Waals surface area contributed by atoms with Crippen molar-refractivity contribution in [2.75, 3.05) is 24.3 Å². The van der Waals surface area contributed by atoms with E-state index in [1.807, 2.05) is 38.9 Å². The molecule has 0 aliphatic rings. The topological polar surface area (TPSA) is 76.5 Å². The maximum atomic E-state index is 12.3. The van der Waals surface area contributed by atoms with Gasteiger partial charge in [0.05, 0.1) is 11.8 Å². The van der Waals surface area contributed by atoms with E-state index in [-0.39, 0.29) is 6.04 Å². The molecule has 7 nitrogen and oxygen atoms in total. The van der Waals surface area contributed by atoms with Gasteiger partial charge in [-0.3, -0.25) is 4.79 Å². The van der Waals surface area contributed by atoms with Crippen LogP contribution in [0, 0.1) is 0 Å². The van der Waals surface area contributed by atoms with Crippen molar-refractivity contribution in [3.8, 4) is 0 Å². The molecule has 0 aliphatic carbocycles. The molecule has 134 valence electrons. The summed E-state index contributed by atoms with van der Waals surface area (Å²) in [6.07, 6.45) is 0.685. The van der Waals surface area contributed by atoms with Crippen molar-refractivity contribution >= 4 is 23.4 Å². The van der Waals surface area contributed by atoms with Gasteiger partial charge in [-0.05, 0) is 39.0 Å². The average molecular weight is 344 g/mol. The van der Waals surface area contributed by atoms with Crippen LogP contribution in [0.5, 0.6) is 0 Å². The number of amides is 1. The molecule has 1 atom stereocenters. The number of carbonyl (C=O) groups is 2. The fourth-order valence-electron chi connectivity index (χ4n) is 2.25. The molecule has 0 aliphatic heterocycles. The predicted octanol–water partition coefficient (Wildman–Crippen LogP) is 2.71. The Morgan fingerprint density at radius 1 is 1.20 bits per heavy atom. The number of benzene rings is 1. The third-order valence-corrected chi connectivity index (χ3v) is 3.66. The predicted molar refractivity (Wildman–Crippen MR) is 96.9 cm³/mol. The van der Waals surface area contributed by atoms with Crippen molar-refractivity contribution in [2.45, 2.75) is 32.9 Å². The second-order valence-corrected chi connectivity index (χ2v) is 6.24. The molecule has 1 aromatic carbocycles. The lowest BCUT2D eigenvalue weighted by Gasteiger charge is -2.16. The fraction of sp³-hybridized carbons (Fsp3) is 0.389. The zero-order valence-electron chi connectivity index (χ0n) is 15.2. The smallest absolute Gasteiger partial charge is 0.338 e. The summed E-state index contributed by atoms with van der Waals surface area (Å²) in [4.78, 5) is 26.5. The highest BCUT2D eigenvalue weighted by Crippen LogP contribution is 2.16. The van der Waals surface area contributed by atoms with Gasteiger partial charge in [-0.1, -0.05) is 6.07 Å². The number of ether oxygens (including phenoxy) is 1. The van der Waals surface area contributed by atoms with Gasteiger partial charge in [0.25, 0.3) is 5.91 Å². The van der Waals surface area contributed by atoms with Crippen LogP contribution in [0.2, 0.25) is 0 Å². The van der Waals surface area contributed by atoms with Crippen molar-refractivity contribution in [1.82, 2.24) is 9.78 Å². The lowest BCUT2D eigenvalue weighted by Crippen LogP contribution is -2.31. The quantitative estimate of drug-likeness (QED) is 0.816. The molecule has 0 bridgehead atoms. The van der Waals surface area contributed by atoms with Gasteiger partial charge in [-0.25, -0.2) is 9.48 Å². The standard InChI is InChI=1S/C18H24N4O3/c1-12(2)22-16(9-10-19-22)20-17(23)13(3)25-18(24)14-7-6-8-15(11-14)21(4)5/h6-13H,1-5H3,(H,20,23)/t13-/m1/s1. The van der Waals surface area contributed by atoms with Crippen LogP contribution in [0.4, 0.5) is 11.5 Å². The number of aromatic nitrogens is 2. The number of hydrogen-bond donors (Lipinski definition) is 1. The zero-order valence-corrected chi connectivity index (χ0v) is 15.2. The average Bonchev–Trinajstić information content (AvgIpc) is 3.03. The highest BCUT2D eigenvalue weighted by atomic mass is 16.5. The van der Waals surface area contributed by atoms with Gasteiger partial charge >= 0.3 is 5.97 Å². The van der Waals surface area contributed by atoms with Crippen LogP contribution in [0.1, 0.15) is 37.2 Å². The Morgan fingerprint density at radius 3 is 2.56 bits per heavy atom. The summed E-state index contributed by atoms with van der Waals surface area (Å²) < 4.78 is 6.97. The van der Waals surface area contributed by atoms with Crippen LogP contribution in [0.15, 0.2) is 36.5 Å². The summed E-state index contributed by atoms with van der Waals surface area (Å²) in [6.45, 7) is 5.47. The van der Waals surface area contributed by atoms with Crippen LogP contribution in [0.25, 0.3) is 0 Å². The van der Waals surface area contributed by atoms with Gasteiger partial charge in [0, 0.05) is 31.9 Å². The summed E-state index contributed by atoms with van der Waals surface area (Å²) in [7, 11) is 3.77. The van der Waals surface area contributed by atoms with Crippen molar-refractivity contribution < 1.29 is 14.3 Å². The number of nitrogens with one attached hydrogen (secondary N) is 1. The van der Waals surface area contributed by atoms with E-state index in [0.29, 0.717) is 11.4 Å². The van der Waals surface area contributed by atoms with E-state index in [2.05, 4.69) is 10.4 Å². The minimum absolute atomic E-state index is 0.108. The molecule has 1 heterocycles. The van der Waals surface area contributed by atoms with Crippen molar-refractivity contribution in [2.24, 2.45) is 0 Å². The SMILES string of the molecule is CC(C)n1nccc1NC(=O)[C@@H](C)OC(=O)c1cccc(N(C)C)c1.